The Kier molecular flexibility index (Phi) is 32.5. The minimum absolute atomic E-state index is 1.06. The van der Waals surface area contributed by atoms with Gasteiger partial charge in [0.25, 0.3) is 0 Å². The summed E-state index contributed by atoms with van der Waals surface area (Å²) in [5, 5.41) is 0. The minimum atomic E-state index is 1.06. The topological polar surface area (TPSA) is 0 Å². The average molecular weight is 168 g/mol. The molecule has 0 unspecified atom stereocenters. The number of hydrogen-bond donors (Lipinski definition) is 0. The van der Waals surface area contributed by atoms with Crippen LogP contribution in [0.5, 0.6) is 0 Å². The predicted octanol–water partition coefficient (Wildman–Crippen LogP) is 4.75. The fourth-order valence-corrected chi connectivity index (χ4v) is 0.354. The van der Waals surface area contributed by atoms with Crippen LogP contribution >= 0.6 is 0 Å². The molecular weight excluding hydrogens is 144 g/mol. The van der Waals surface area contributed by atoms with Crippen LogP contribution in [0.4, 0.5) is 0 Å². The van der Waals surface area contributed by atoms with E-state index < -0.39 is 0 Å². The molecule has 0 bridgehead atoms. The van der Waals surface area contributed by atoms with Gasteiger partial charge >= 0.3 is 0 Å². The highest BCUT2D eigenvalue weighted by molar-refractivity contribution is 5.12. The van der Waals surface area contributed by atoms with E-state index in [1.54, 1.807) is 6.08 Å². The van der Waals surface area contributed by atoms with E-state index in [1.165, 1.54) is 5.57 Å². The number of allylic oxidation sites excluding steroid dienone is 4. The van der Waals surface area contributed by atoms with E-state index in [9.17, 15) is 0 Å². The van der Waals surface area contributed by atoms with E-state index in [0.717, 1.165) is 6.42 Å². The van der Waals surface area contributed by atoms with Gasteiger partial charge in [0.2, 0.25) is 0 Å². The van der Waals surface area contributed by atoms with Crippen molar-refractivity contribution in [2.24, 2.45) is 0 Å². The summed E-state index contributed by atoms with van der Waals surface area (Å²) < 4.78 is 0. The first-order chi connectivity index (χ1) is 5.72. The molecular formula is C12H24. The Balaban J connectivity index is -0.000000137. The highest BCUT2D eigenvalue weighted by Gasteiger charge is 1.75. The third-order valence-electron chi connectivity index (χ3n) is 0.856. The van der Waals surface area contributed by atoms with Gasteiger partial charge in [0, 0.05) is 0 Å². The van der Waals surface area contributed by atoms with E-state index in [0.29, 0.717) is 0 Å². The van der Waals surface area contributed by atoms with Crippen molar-refractivity contribution in [3.05, 3.63) is 37.0 Å². The molecule has 0 amide bonds. The summed E-state index contributed by atoms with van der Waals surface area (Å²) in [7, 11) is 0. The zero-order valence-electron chi connectivity index (χ0n) is 9.35. The first kappa shape index (κ1) is 17.3. The maximum absolute atomic E-state index is 3.78. The van der Waals surface area contributed by atoms with Crippen molar-refractivity contribution in [3.63, 3.8) is 0 Å². The van der Waals surface area contributed by atoms with E-state index in [4.69, 9.17) is 0 Å². The minimum Gasteiger partial charge on any atom is -0.103 e. The van der Waals surface area contributed by atoms with Gasteiger partial charge in [-0.05, 0) is 20.3 Å². The molecule has 0 aromatic carbocycles. The fraction of sp³-hybridized carbons (Fsp3) is 0.500. The van der Waals surface area contributed by atoms with Gasteiger partial charge in [-0.2, -0.15) is 0 Å². The van der Waals surface area contributed by atoms with Crippen LogP contribution in [0, 0.1) is 0 Å². The molecule has 0 saturated carbocycles. The van der Waals surface area contributed by atoms with Crippen molar-refractivity contribution >= 4 is 0 Å². The summed E-state index contributed by atoms with van der Waals surface area (Å²) in [5.41, 5.74) is 1.20. The van der Waals surface area contributed by atoms with Gasteiger partial charge in [-0.1, -0.05) is 51.2 Å². The summed E-state index contributed by atoms with van der Waals surface area (Å²) in [4.78, 5) is 0. The van der Waals surface area contributed by atoms with Crippen LogP contribution in [-0.4, -0.2) is 0 Å². The highest BCUT2D eigenvalue weighted by Crippen LogP contribution is 1.95. The van der Waals surface area contributed by atoms with Gasteiger partial charge in [0.15, 0.2) is 0 Å². The lowest BCUT2D eigenvalue weighted by Gasteiger charge is -1.85. The van der Waals surface area contributed by atoms with E-state index in [2.05, 4.69) is 20.1 Å². The molecule has 72 valence electrons. The Labute approximate surface area is 78.7 Å². The van der Waals surface area contributed by atoms with Gasteiger partial charge in [0.05, 0.1) is 0 Å². The lowest BCUT2D eigenvalue weighted by molar-refractivity contribution is 1.16. The molecule has 0 aromatic rings. The highest BCUT2D eigenvalue weighted by atomic mass is 13.8. The van der Waals surface area contributed by atoms with E-state index >= 15 is 0 Å². The van der Waals surface area contributed by atoms with Crippen LogP contribution in [0.2, 0.25) is 0 Å². The Morgan fingerprint density at radius 2 is 1.58 bits per heavy atom. The predicted molar refractivity (Wildman–Crippen MR) is 61.5 cm³/mol. The normalized spacial score (nSPS) is 7.42. The molecule has 0 N–H and O–H groups in total. The number of rotatable bonds is 2. The summed E-state index contributed by atoms with van der Waals surface area (Å²) >= 11 is 0. The molecule has 0 aliphatic rings. The Morgan fingerprint density at radius 1 is 1.25 bits per heavy atom. The zero-order chi connectivity index (χ0) is 10.4. The molecule has 0 aromatic heterocycles. The molecule has 0 heterocycles. The first-order valence-corrected chi connectivity index (χ1v) is 4.60. The van der Waals surface area contributed by atoms with Gasteiger partial charge in [0.1, 0.15) is 0 Å². The van der Waals surface area contributed by atoms with Crippen LogP contribution in [0.1, 0.15) is 41.0 Å². The largest absolute Gasteiger partial charge is 0.103 e. The lowest BCUT2D eigenvalue weighted by Crippen LogP contribution is -1.65. The summed E-state index contributed by atoms with van der Waals surface area (Å²) in [6, 6.07) is 0. The molecule has 0 nitrogen and oxygen atoms in total. The molecule has 0 rings (SSSR count). The Hall–Kier alpha value is -0.780. The van der Waals surface area contributed by atoms with Crippen molar-refractivity contribution in [1.29, 1.82) is 0 Å². The molecule has 0 heteroatoms. The van der Waals surface area contributed by atoms with Crippen LogP contribution < -0.4 is 0 Å². The third-order valence-corrected chi connectivity index (χ3v) is 0.856. The summed E-state index contributed by atoms with van der Waals surface area (Å²) in [6.07, 6.45) is 6.84. The zero-order valence-corrected chi connectivity index (χ0v) is 9.35. The monoisotopic (exact) mass is 168 g/mol. The fourth-order valence-electron chi connectivity index (χ4n) is 0.354. The van der Waals surface area contributed by atoms with Crippen molar-refractivity contribution in [3.8, 4) is 0 Å². The Morgan fingerprint density at radius 3 is 1.67 bits per heavy atom. The molecule has 0 spiro atoms. The maximum Gasteiger partial charge on any atom is -0.0313 e. The molecule has 12 heavy (non-hydrogen) atoms. The molecule has 0 atom stereocenters. The maximum atomic E-state index is 3.78. The van der Waals surface area contributed by atoms with Gasteiger partial charge in [-0.3, -0.25) is 0 Å². The van der Waals surface area contributed by atoms with E-state index in [-0.39, 0.29) is 0 Å². The standard InChI is InChI=1S/C7H12.C3H6.C2H6/c1-4-6-7(3)5-2;1-3-2;1-2/h4,6H,3,5H2,1-2H3;3H,1H2,2H3;1-2H3/b6-4-;;. The van der Waals surface area contributed by atoms with Gasteiger partial charge in [-0.25, -0.2) is 0 Å². The van der Waals surface area contributed by atoms with Crippen molar-refractivity contribution in [2.75, 3.05) is 0 Å². The quantitative estimate of drug-likeness (QED) is 0.412. The average Bonchev–Trinajstić information content (AvgIpc) is 2.10. The van der Waals surface area contributed by atoms with E-state index in [1.807, 2.05) is 39.8 Å². The first-order valence-electron chi connectivity index (χ1n) is 4.60. The smallest absolute Gasteiger partial charge is 0.0313 e. The lowest BCUT2D eigenvalue weighted by atomic mass is 10.2. The van der Waals surface area contributed by atoms with Gasteiger partial charge < -0.3 is 0 Å². The summed E-state index contributed by atoms with van der Waals surface area (Å²) in [6.45, 7) is 17.1. The second-order valence-corrected chi connectivity index (χ2v) is 1.92. The third kappa shape index (κ3) is 35.0. The van der Waals surface area contributed by atoms with Crippen LogP contribution in [0.15, 0.2) is 37.0 Å². The molecule has 0 aliphatic carbocycles. The molecule has 0 fully saturated rings. The SMILES string of the molecule is C=C(/C=C\C)CC.C=CC.CC. The molecule has 0 saturated heterocycles. The second-order valence-electron chi connectivity index (χ2n) is 1.92. The van der Waals surface area contributed by atoms with Crippen LogP contribution in [0.25, 0.3) is 0 Å². The van der Waals surface area contributed by atoms with Crippen molar-refractivity contribution in [1.82, 2.24) is 0 Å². The molecule has 0 aliphatic heterocycles. The van der Waals surface area contributed by atoms with Gasteiger partial charge in [-0.15, -0.1) is 6.58 Å². The number of hydrogen-bond acceptors (Lipinski definition) is 0. The van der Waals surface area contributed by atoms with Crippen molar-refractivity contribution < 1.29 is 0 Å². The summed E-state index contributed by atoms with van der Waals surface area (Å²) in [5.74, 6) is 0. The van der Waals surface area contributed by atoms with Crippen LogP contribution in [-0.2, 0) is 0 Å². The van der Waals surface area contributed by atoms with Crippen LogP contribution in [0.3, 0.4) is 0 Å². The second kappa shape index (κ2) is 22.5. The molecule has 0 radical (unpaired) electrons. The Bertz CT molecular complexity index is 107. The van der Waals surface area contributed by atoms with Crippen molar-refractivity contribution in [2.45, 2.75) is 41.0 Å².